The lowest BCUT2D eigenvalue weighted by molar-refractivity contribution is -0.139. The van der Waals surface area contributed by atoms with Gasteiger partial charge in [-0.25, -0.2) is 0 Å². The van der Waals surface area contributed by atoms with Gasteiger partial charge >= 0.3 is 5.97 Å². The van der Waals surface area contributed by atoms with Crippen molar-refractivity contribution in [2.45, 2.75) is 53.4 Å². The molecule has 2 heteroatoms. The van der Waals surface area contributed by atoms with Crippen LogP contribution < -0.4 is 0 Å². The highest BCUT2D eigenvalue weighted by molar-refractivity contribution is 5.75. The van der Waals surface area contributed by atoms with Crippen LogP contribution in [0.15, 0.2) is 0 Å². The molecule has 0 heterocycles. The fraction of sp³-hybridized carbons (Fsp3) is 0.923. The molecule has 88 valence electrons. The molecule has 0 bridgehead atoms. The fourth-order valence-electron chi connectivity index (χ4n) is 3.27. The molecule has 1 aliphatic rings. The molecular formula is C13H24O2. The summed E-state index contributed by atoms with van der Waals surface area (Å²) >= 11 is 0. The summed E-state index contributed by atoms with van der Waals surface area (Å²) in [6.07, 6.45) is 4.71. The SMILES string of the molecule is CCCC(CCC)[C@@H]1[C@@H](C(=O)O)C1(C)C. The predicted octanol–water partition coefficient (Wildman–Crippen LogP) is 3.56. The molecule has 0 saturated heterocycles. The third-order valence-corrected chi connectivity index (χ3v) is 4.00. The van der Waals surface area contributed by atoms with Crippen molar-refractivity contribution in [3.63, 3.8) is 0 Å². The monoisotopic (exact) mass is 212 g/mol. The smallest absolute Gasteiger partial charge is 0.307 e. The van der Waals surface area contributed by atoms with Crippen LogP contribution in [0, 0.1) is 23.2 Å². The Hall–Kier alpha value is -0.530. The summed E-state index contributed by atoms with van der Waals surface area (Å²) in [4.78, 5) is 11.1. The van der Waals surface area contributed by atoms with Crippen molar-refractivity contribution in [1.29, 1.82) is 0 Å². The molecule has 0 aromatic carbocycles. The van der Waals surface area contributed by atoms with E-state index in [4.69, 9.17) is 5.11 Å². The summed E-state index contributed by atoms with van der Waals surface area (Å²) in [5.74, 6) is 0.341. The second-order valence-electron chi connectivity index (χ2n) is 5.50. The molecule has 0 radical (unpaired) electrons. The van der Waals surface area contributed by atoms with Crippen LogP contribution in [0.2, 0.25) is 0 Å². The Morgan fingerprint density at radius 2 is 1.73 bits per heavy atom. The van der Waals surface area contributed by atoms with E-state index in [2.05, 4.69) is 27.7 Å². The Morgan fingerprint density at radius 1 is 1.27 bits per heavy atom. The second kappa shape index (κ2) is 4.54. The van der Waals surface area contributed by atoms with E-state index < -0.39 is 5.97 Å². The highest BCUT2D eigenvalue weighted by Crippen LogP contribution is 2.63. The maximum absolute atomic E-state index is 11.1. The fourth-order valence-corrected chi connectivity index (χ4v) is 3.27. The normalized spacial score (nSPS) is 28.1. The average molecular weight is 212 g/mol. The maximum atomic E-state index is 11.1. The van der Waals surface area contributed by atoms with Crippen LogP contribution in [0.5, 0.6) is 0 Å². The van der Waals surface area contributed by atoms with Crippen LogP contribution in [0.25, 0.3) is 0 Å². The van der Waals surface area contributed by atoms with Gasteiger partial charge in [0.2, 0.25) is 0 Å². The van der Waals surface area contributed by atoms with E-state index >= 15 is 0 Å². The summed E-state index contributed by atoms with van der Waals surface area (Å²) in [5, 5.41) is 9.14. The van der Waals surface area contributed by atoms with Crippen LogP contribution in [0.1, 0.15) is 53.4 Å². The van der Waals surface area contributed by atoms with E-state index in [1.165, 1.54) is 25.7 Å². The zero-order valence-electron chi connectivity index (χ0n) is 10.4. The molecule has 2 nitrogen and oxygen atoms in total. The average Bonchev–Trinajstić information content (AvgIpc) is 2.68. The Labute approximate surface area is 93.1 Å². The van der Waals surface area contributed by atoms with Crippen molar-refractivity contribution in [2.24, 2.45) is 23.2 Å². The van der Waals surface area contributed by atoms with Gasteiger partial charge in [-0.3, -0.25) is 4.79 Å². The van der Waals surface area contributed by atoms with Gasteiger partial charge in [0.1, 0.15) is 0 Å². The number of aliphatic carboxylic acids is 1. The molecule has 0 aromatic rings. The molecule has 0 unspecified atom stereocenters. The van der Waals surface area contributed by atoms with E-state index in [-0.39, 0.29) is 11.3 Å². The van der Waals surface area contributed by atoms with E-state index in [9.17, 15) is 4.79 Å². The number of carbonyl (C=O) groups is 1. The van der Waals surface area contributed by atoms with Crippen LogP contribution in [0.4, 0.5) is 0 Å². The van der Waals surface area contributed by atoms with Gasteiger partial charge in [-0.1, -0.05) is 53.4 Å². The first-order valence-electron chi connectivity index (χ1n) is 6.19. The first-order chi connectivity index (χ1) is 6.96. The quantitative estimate of drug-likeness (QED) is 0.731. The second-order valence-corrected chi connectivity index (χ2v) is 5.50. The van der Waals surface area contributed by atoms with Gasteiger partial charge in [0.15, 0.2) is 0 Å². The van der Waals surface area contributed by atoms with Gasteiger partial charge in [0, 0.05) is 0 Å². The maximum Gasteiger partial charge on any atom is 0.307 e. The van der Waals surface area contributed by atoms with E-state index in [0.717, 1.165) is 0 Å². The van der Waals surface area contributed by atoms with Gasteiger partial charge in [0.25, 0.3) is 0 Å². The number of carboxylic acid groups (broad SMARTS) is 1. The number of carboxylic acids is 1. The lowest BCUT2D eigenvalue weighted by atomic mass is 9.89. The Balaban J connectivity index is 2.65. The topological polar surface area (TPSA) is 37.3 Å². The molecule has 15 heavy (non-hydrogen) atoms. The minimum absolute atomic E-state index is 0.0286. The van der Waals surface area contributed by atoms with Crippen LogP contribution in [0.3, 0.4) is 0 Å². The Bertz CT molecular complexity index is 227. The number of hydrogen-bond donors (Lipinski definition) is 1. The lowest BCUT2D eigenvalue weighted by Gasteiger charge is -2.16. The molecule has 2 atom stereocenters. The third kappa shape index (κ3) is 2.35. The first kappa shape index (κ1) is 12.5. The van der Waals surface area contributed by atoms with Crippen molar-refractivity contribution in [3.05, 3.63) is 0 Å². The molecule has 0 spiro atoms. The Morgan fingerprint density at radius 3 is 2.00 bits per heavy atom. The zero-order chi connectivity index (χ0) is 11.6. The summed E-state index contributed by atoms with van der Waals surface area (Å²) in [7, 11) is 0. The van der Waals surface area contributed by atoms with E-state index in [1.54, 1.807) is 0 Å². The first-order valence-corrected chi connectivity index (χ1v) is 6.19. The standard InChI is InChI=1S/C13H24O2/c1-5-7-9(8-6-2)10-11(12(14)15)13(10,3)4/h9-11H,5-8H2,1-4H3,(H,14,15)/t10-,11+/m1/s1. The molecule has 1 fully saturated rings. The predicted molar refractivity (Wildman–Crippen MR) is 61.7 cm³/mol. The third-order valence-electron chi connectivity index (χ3n) is 4.00. The molecule has 0 amide bonds. The van der Waals surface area contributed by atoms with E-state index in [1.807, 2.05) is 0 Å². The van der Waals surface area contributed by atoms with Gasteiger partial charge in [0.05, 0.1) is 5.92 Å². The van der Waals surface area contributed by atoms with Crippen molar-refractivity contribution >= 4 is 5.97 Å². The van der Waals surface area contributed by atoms with E-state index in [0.29, 0.717) is 11.8 Å². The number of hydrogen-bond acceptors (Lipinski definition) is 1. The van der Waals surface area contributed by atoms with Crippen molar-refractivity contribution in [1.82, 2.24) is 0 Å². The molecule has 1 rings (SSSR count). The minimum atomic E-state index is -0.595. The molecule has 1 saturated carbocycles. The largest absolute Gasteiger partial charge is 0.481 e. The van der Waals surface area contributed by atoms with Crippen LogP contribution in [-0.4, -0.2) is 11.1 Å². The van der Waals surface area contributed by atoms with Gasteiger partial charge in [-0.05, 0) is 17.3 Å². The summed E-state index contributed by atoms with van der Waals surface area (Å²) < 4.78 is 0. The van der Waals surface area contributed by atoms with Crippen molar-refractivity contribution in [3.8, 4) is 0 Å². The van der Waals surface area contributed by atoms with Gasteiger partial charge in [-0.2, -0.15) is 0 Å². The van der Waals surface area contributed by atoms with Gasteiger partial charge < -0.3 is 5.11 Å². The van der Waals surface area contributed by atoms with Crippen molar-refractivity contribution < 1.29 is 9.90 Å². The van der Waals surface area contributed by atoms with Gasteiger partial charge in [-0.15, -0.1) is 0 Å². The number of rotatable bonds is 6. The lowest BCUT2D eigenvalue weighted by Crippen LogP contribution is -2.08. The summed E-state index contributed by atoms with van der Waals surface area (Å²) in [5.41, 5.74) is 0.0286. The highest BCUT2D eigenvalue weighted by Gasteiger charge is 2.63. The van der Waals surface area contributed by atoms with Crippen molar-refractivity contribution in [2.75, 3.05) is 0 Å². The summed E-state index contributed by atoms with van der Waals surface area (Å²) in [6.45, 7) is 8.59. The molecule has 0 aromatic heterocycles. The Kier molecular flexibility index (Phi) is 3.80. The zero-order valence-corrected chi connectivity index (χ0v) is 10.4. The molecule has 1 aliphatic carbocycles. The highest BCUT2D eigenvalue weighted by atomic mass is 16.4. The van der Waals surface area contributed by atoms with Crippen LogP contribution in [-0.2, 0) is 4.79 Å². The summed E-state index contributed by atoms with van der Waals surface area (Å²) in [6, 6.07) is 0. The molecule has 0 aliphatic heterocycles. The molecule has 1 N–H and O–H groups in total. The molecular weight excluding hydrogens is 188 g/mol. The minimum Gasteiger partial charge on any atom is -0.481 e. The van der Waals surface area contributed by atoms with Crippen LogP contribution >= 0.6 is 0 Å².